The molecule has 0 aliphatic heterocycles. The van der Waals surface area contributed by atoms with Crippen LogP contribution in [0, 0.1) is 13.8 Å². The van der Waals surface area contributed by atoms with E-state index >= 15 is 0 Å². The fourth-order valence-corrected chi connectivity index (χ4v) is 4.98. The van der Waals surface area contributed by atoms with Crippen LogP contribution in [0.2, 0.25) is 18.1 Å². The Hall–Kier alpha value is -1.74. The molecule has 212 valence electrons. The third kappa shape index (κ3) is 11.3. The molecule has 0 heterocycles. The number of ether oxygens (including phenoxy) is 1. The lowest BCUT2D eigenvalue weighted by Gasteiger charge is -2.40. The number of rotatable bonds is 17. The standard InChI is InChI=1S/C29H51NO6Si/c1-22-16-17-24(21-23(22)2)15-11-9-14-20-35-25(27(32)30(6)18-12-10-13-19-31)26(28(33)34)36-37(7,8)29(3,4)5/h16-17,21,25-26,31H,9-15,18-20H2,1-8H3,(H,33,34)/t25-,26-/m1/s1. The second-order valence-corrected chi connectivity index (χ2v) is 16.5. The average molecular weight is 538 g/mol. The molecule has 0 saturated heterocycles. The SMILES string of the molecule is Cc1ccc(CCCCCO[C@@H](C(=O)N(C)CCCCCO)[C@@H](O[Si](C)(C)C(C)(C)C)C(=O)O)cc1C. The van der Waals surface area contributed by atoms with Crippen molar-refractivity contribution in [3.05, 3.63) is 34.9 Å². The fraction of sp³-hybridized carbons (Fsp3) is 0.724. The van der Waals surface area contributed by atoms with Gasteiger partial charge in [0.1, 0.15) is 0 Å². The topological polar surface area (TPSA) is 96.3 Å². The van der Waals surface area contributed by atoms with E-state index in [2.05, 4.69) is 32.0 Å². The van der Waals surface area contributed by atoms with Crippen molar-refractivity contribution in [1.29, 1.82) is 0 Å². The van der Waals surface area contributed by atoms with E-state index in [0.717, 1.165) is 38.5 Å². The number of benzene rings is 1. The number of unbranched alkanes of at least 4 members (excludes halogenated alkanes) is 4. The zero-order valence-electron chi connectivity index (χ0n) is 24.4. The van der Waals surface area contributed by atoms with Gasteiger partial charge in [-0.25, -0.2) is 4.79 Å². The van der Waals surface area contributed by atoms with Gasteiger partial charge in [-0.15, -0.1) is 0 Å². The highest BCUT2D eigenvalue weighted by Gasteiger charge is 2.46. The van der Waals surface area contributed by atoms with Crippen LogP contribution < -0.4 is 0 Å². The first-order valence-electron chi connectivity index (χ1n) is 13.7. The van der Waals surface area contributed by atoms with Crippen LogP contribution in [-0.2, 0) is 25.2 Å². The minimum atomic E-state index is -2.48. The number of carboxylic acid groups (broad SMARTS) is 1. The molecule has 1 aromatic carbocycles. The van der Waals surface area contributed by atoms with Gasteiger partial charge in [-0.2, -0.15) is 0 Å². The number of aliphatic hydroxyl groups excluding tert-OH is 1. The van der Waals surface area contributed by atoms with Crippen LogP contribution >= 0.6 is 0 Å². The normalized spacial score (nSPS) is 13.9. The second kappa shape index (κ2) is 15.6. The van der Waals surface area contributed by atoms with Gasteiger partial charge in [0.2, 0.25) is 0 Å². The van der Waals surface area contributed by atoms with Crippen molar-refractivity contribution >= 4 is 20.2 Å². The van der Waals surface area contributed by atoms with Crippen molar-refractivity contribution in [1.82, 2.24) is 4.90 Å². The maximum absolute atomic E-state index is 13.4. The van der Waals surface area contributed by atoms with Crippen LogP contribution in [0.25, 0.3) is 0 Å². The number of nitrogens with zero attached hydrogens (tertiary/aromatic N) is 1. The minimum Gasteiger partial charge on any atom is -0.479 e. The van der Waals surface area contributed by atoms with Crippen molar-refractivity contribution < 1.29 is 29.0 Å². The lowest BCUT2D eigenvalue weighted by molar-refractivity contribution is -0.165. The molecule has 0 radical (unpaired) electrons. The third-order valence-electron chi connectivity index (χ3n) is 7.50. The smallest absolute Gasteiger partial charge is 0.334 e. The number of amides is 1. The molecular formula is C29H51NO6Si. The van der Waals surface area contributed by atoms with Crippen molar-refractivity contribution in [3.63, 3.8) is 0 Å². The number of aliphatic hydroxyl groups is 1. The van der Waals surface area contributed by atoms with E-state index in [1.165, 1.54) is 21.6 Å². The van der Waals surface area contributed by atoms with Gasteiger partial charge in [-0.05, 0) is 87.2 Å². The van der Waals surface area contributed by atoms with Crippen LogP contribution in [0.4, 0.5) is 0 Å². The Morgan fingerprint density at radius 2 is 1.62 bits per heavy atom. The predicted molar refractivity (Wildman–Crippen MR) is 151 cm³/mol. The van der Waals surface area contributed by atoms with Crippen LogP contribution in [0.1, 0.15) is 76.0 Å². The summed E-state index contributed by atoms with van der Waals surface area (Å²) in [4.78, 5) is 27.2. The maximum Gasteiger partial charge on any atom is 0.334 e. The van der Waals surface area contributed by atoms with Gasteiger partial charge in [0.25, 0.3) is 5.91 Å². The second-order valence-electron chi connectivity index (χ2n) is 11.7. The minimum absolute atomic E-state index is 0.119. The first-order chi connectivity index (χ1) is 17.2. The molecule has 1 rings (SSSR count). The van der Waals surface area contributed by atoms with E-state index in [1.54, 1.807) is 7.05 Å². The summed E-state index contributed by atoms with van der Waals surface area (Å²) in [6, 6.07) is 6.55. The third-order valence-corrected chi connectivity index (χ3v) is 12.0. The van der Waals surface area contributed by atoms with Gasteiger partial charge in [0.15, 0.2) is 20.5 Å². The Kier molecular flexibility index (Phi) is 14.0. The van der Waals surface area contributed by atoms with E-state index in [-0.39, 0.29) is 17.6 Å². The molecule has 0 bridgehead atoms. The molecular weight excluding hydrogens is 486 g/mol. The molecule has 1 amide bonds. The first kappa shape index (κ1) is 33.3. The zero-order valence-corrected chi connectivity index (χ0v) is 25.4. The van der Waals surface area contributed by atoms with Gasteiger partial charge >= 0.3 is 5.97 Å². The highest BCUT2D eigenvalue weighted by Crippen LogP contribution is 2.38. The highest BCUT2D eigenvalue weighted by atomic mass is 28.4. The summed E-state index contributed by atoms with van der Waals surface area (Å²) >= 11 is 0. The zero-order chi connectivity index (χ0) is 28.2. The van der Waals surface area contributed by atoms with Crippen molar-refractivity contribution in [2.45, 2.75) is 110 Å². The lowest BCUT2D eigenvalue weighted by Crippen LogP contribution is -2.55. The predicted octanol–water partition coefficient (Wildman–Crippen LogP) is 5.50. The molecule has 0 aromatic heterocycles. The van der Waals surface area contributed by atoms with Crippen LogP contribution in [0.3, 0.4) is 0 Å². The molecule has 0 aliphatic rings. The summed E-state index contributed by atoms with van der Waals surface area (Å²) in [5.41, 5.74) is 3.90. The van der Waals surface area contributed by atoms with E-state index < -0.39 is 26.5 Å². The van der Waals surface area contributed by atoms with Crippen LogP contribution in [0.15, 0.2) is 18.2 Å². The van der Waals surface area contributed by atoms with Crippen molar-refractivity contribution in [2.75, 3.05) is 26.8 Å². The summed E-state index contributed by atoms with van der Waals surface area (Å²) in [7, 11) is -0.803. The van der Waals surface area contributed by atoms with E-state index in [9.17, 15) is 14.7 Å². The molecule has 0 unspecified atom stereocenters. The summed E-state index contributed by atoms with van der Waals surface area (Å²) in [6.45, 7) is 15.2. The number of hydrogen-bond acceptors (Lipinski definition) is 5. The molecule has 2 atom stereocenters. The summed E-state index contributed by atoms with van der Waals surface area (Å²) in [5.74, 6) is -1.54. The molecule has 2 N–H and O–H groups in total. The molecule has 0 fully saturated rings. The van der Waals surface area contributed by atoms with Gasteiger partial charge < -0.3 is 24.3 Å². The Labute approximate surface area is 225 Å². The number of aryl methyl sites for hydroxylation is 3. The Bertz CT molecular complexity index is 851. The van der Waals surface area contributed by atoms with Gasteiger partial charge in [0.05, 0.1) is 0 Å². The lowest BCUT2D eigenvalue weighted by atomic mass is 10.0. The van der Waals surface area contributed by atoms with E-state index in [1.807, 2.05) is 33.9 Å². The monoisotopic (exact) mass is 537 g/mol. The van der Waals surface area contributed by atoms with Crippen LogP contribution in [-0.4, -0.2) is 74.3 Å². The number of carboxylic acids is 1. The average Bonchev–Trinajstić information content (AvgIpc) is 2.81. The molecule has 37 heavy (non-hydrogen) atoms. The molecule has 0 aliphatic carbocycles. The van der Waals surface area contributed by atoms with Crippen molar-refractivity contribution in [3.8, 4) is 0 Å². The quantitative estimate of drug-likeness (QED) is 0.201. The number of aliphatic carboxylic acids is 1. The van der Waals surface area contributed by atoms with Gasteiger partial charge in [0, 0.05) is 26.8 Å². The van der Waals surface area contributed by atoms with Gasteiger partial charge in [-0.1, -0.05) is 45.4 Å². The first-order valence-corrected chi connectivity index (χ1v) is 16.6. The highest BCUT2D eigenvalue weighted by molar-refractivity contribution is 6.74. The summed E-state index contributed by atoms with van der Waals surface area (Å²) < 4.78 is 12.2. The maximum atomic E-state index is 13.4. The summed E-state index contributed by atoms with van der Waals surface area (Å²) in [6.07, 6.45) is 3.28. The number of carbonyl (C=O) groups excluding carboxylic acids is 1. The van der Waals surface area contributed by atoms with Crippen molar-refractivity contribution in [2.24, 2.45) is 0 Å². The molecule has 8 heteroatoms. The molecule has 0 spiro atoms. The Balaban J connectivity index is 2.84. The summed E-state index contributed by atoms with van der Waals surface area (Å²) in [5, 5.41) is 18.9. The fourth-order valence-electron chi connectivity index (χ4n) is 3.77. The number of likely N-dealkylation sites (N-methyl/N-ethyl adjacent to an activating group) is 1. The molecule has 1 aromatic rings. The van der Waals surface area contributed by atoms with E-state index in [4.69, 9.17) is 14.3 Å². The van der Waals surface area contributed by atoms with E-state index in [0.29, 0.717) is 19.6 Å². The van der Waals surface area contributed by atoms with Crippen LogP contribution in [0.5, 0.6) is 0 Å². The molecule has 7 nitrogen and oxygen atoms in total. The Morgan fingerprint density at radius 3 is 2.19 bits per heavy atom. The van der Waals surface area contributed by atoms with Gasteiger partial charge in [-0.3, -0.25) is 4.79 Å². The Morgan fingerprint density at radius 1 is 0.973 bits per heavy atom. The largest absolute Gasteiger partial charge is 0.479 e. The number of carbonyl (C=O) groups is 2. The molecule has 0 saturated carbocycles. The number of hydrogen-bond donors (Lipinski definition) is 2.